The normalized spacial score (nSPS) is 10.6. The Bertz CT molecular complexity index is 1010. The van der Waals surface area contributed by atoms with Crippen molar-refractivity contribution in [3.63, 3.8) is 0 Å². The van der Waals surface area contributed by atoms with Crippen LogP contribution >= 0.6 is 0 Å². The van der Waals surface area contributed by atoms with E-state index in [-0.39, 0.29) is 5.75 Å². The summed E-state index contributed by atoms with van der Waals surface area (Å²) in [6, 6.07) is 10.0. The molecule has 0 aliphatic rings. The lowest BCUT2D eigenvalue weighted by Gasteiger charge is -2.03. The zero-order valence-corrected chi connectivity index (χ0v) is 12.7. The number of aromatic nitrogens is 1. The summed E-state index contributed by atoms with van der Waals surface area (Å²) < 4.78 is 1.22. The predicted molar refractivity (Wildman–Crippen MR) is 88.5 cm³/mol. The van der Waals surface area contributed by atoms with E-state index in [1.807, 2.05) is 0 Å². The number of carbonyl (C=O) groups excluding carboxylic acids is 2. The van der Waals surface area contributed by atoms with Gasteiger partial charge in [-0.05, 0) is 35.9 Å². The predicted octanol–water partition coefficient (Wildman–Crippen LogP) is 1.90. The highest BCUT2D eigenvalue weighted by Gasteiger charge is 2.15. The van der Waals surface area contributed by atoms with Gasteiger partial charge in [0.15, 0.2) is 0 Å². The van der Waals surface area contributed by atoms with Gasteiger partial charge < -0.3 is 11.5 Å². The van der Waals surface area contributed by atoms with Crippen LogP contribution in [0.2, 0.25) is 0 Å². The number of hydrogen-bond donors (Lipinski definition) is 2. The van der Waals surface area contributed by atoms with Gasteiger partial charge in [-0.2, -0.15) is 0 Å². The van der Waals surface area contributed by atoms with E-state index in [4.69, 9.17) is 11.5 Å². The molecule has 2 amide bonds. The number of primary amides is 2. The Morgan fingerprint density at radius 1 is 1.08 bits per heavy atom. The van der Waals surface area contributed by atoms with Crippen molar-refractivity contribution in [1.82, 2.24) is 4.57 Å². The molecule has 3 aromatic rings. The third-order valence-corrected chi connectivity index (χ3v) is 3.67. The summed E-state index contributed by atoms with van der Waals surface area (Å²) in [4.78, 5) is 37.8. The van der Waals surface area contributed by atoms with Gasteiger partial charge in [-0.25, -0.2) is 4.79 Å². The van der Waals surface area contributed by atoms with Crippen molar-refractivity contribution in [3.05, 3.63) is 64.3 Å². The molecule has 2 aromatic carbocycles. The third-order valence-electron chi connectivity index (χ3n) is 3.67. The van der Waals surface area contributed by atoms with Crippen LogP contribution in [-0.2, 0) is 0 Å². The number of nitrogens with zero attached hydrogens (tertiary/aromatic N) is 2. The van der Waals surface area contributed by atoms with Crippen molar-refractivity contribution in [2.75, 3.05) is 0 Å². The van der Waals surface area contributed by atoms with Gasteiger partial charge in [0.05, 0.1) is 5.52 Å². The quantitative estimate of drug-likeness (QED) is 0.550. The summed E-state index contributed by atoms with van der Waals surface area (Å²) in [5.74, 6) is -0.553. The third kappa shape index (κ3) is 2.98. The molecule has 0 spiro atoms. The molecule has 0 bridgehead atoms. The maximum Gasteiger partial charge on any atom is 0.323 e. The van der Waals surface area contributed by atoms with Crippen LogP contribution in [0.3, 0.4) is 0 Å². The molecule has 1 aromatic heterocycles. The summed E-state index contributed by atoms with van der Waals surface area (Å²) in [5, 5.41) is 10.1. The average Bonchev–Trinajstić information content (AvgIpc) is 2.93. The first-order valence-corrected chi connectivity index (χ1v) is 7.04. The van der Waals surface area contributed by atoms with E-state index >= 15 is 0 Å². The summed E-state index contributed by atoms with van der Waals surface area (Å²) in [6.45, 7) is 0. The van der Waals surface area contributed by atoms with E-state index < -0.39 is 17.0 Å². The Kier molecular flexibility index (Phi) is 3.82. The molecule has 4 N–H and O–H groups in total. The van der Waals surface area contributed by atoms with Crippen molar-refractivity contribution in [2.24, 2.45) is 11.5 Å². The summed E-state index contributed by atoms with van der Waals surface area (Å²) in [6.07, 6.45) is 1.52. The zero-order chi connectivity index (χ0) is 18.1. The van der Waals surface area contributed by atoms with Crippen molar-refractivity contribution in [3.8, 4) is 16.9 Å². The van der Waals surface area contributed by atoms with Crippen LogP contribution in [-0.4, -0.2) is 21.6 Å². The maximum absolute atomic E-state index is 11.7. The molecule has 0 saturated carbocycles. The number of hydrogen-bond acceptors (Lipinski definition) is 5. The van der Waals surface area contributed by atoms with Gasteiger partial charge in [0.25, 0.3) is 5.09 Å². The minimum atomic E-state index is -0.923. The van der Waals surface area contributed by atoms with Crippen LogP contribution in [0.15, 0.2) is 48.7 Å². The minimum absolute atomic E-state index is 0.00901. The molecule has 0 unspecified atom stereocenters. The second-order valence-corrected chi connectivity index (χ2v) is 5.19. The summed E-state index contributed by atoms with van der Waals surface area (Å²) in [7, 11) is 0. The molecular formula is C16H12N4O5. The molecule has 0 fully saturated rings. The zero-order valence-electron chi connectivity index (χ0n) is 12.7. The van der Waals surface area contributed by atoms with Gasteiger partial charge in [-0.15, -0.1) is 10.1 Å². The first kappa shape index (κ1) is 16.0. The molecule has 1 heterocycles. The van der Waals surface area contributed by atoms with Gasteiger partial charge in [-0.1, -0.05) is 12.1 Å². The fourth-order valence-electron chi connectivity index (χ4n) is 2.58. The van der Waals surface area contributed by atoms with Crippen molar-refractivity contribution in [1.29, 1.82) is 0 Å². The molecule has 3 rings (SSSR count). The van der Waals surface area contributed by atoms with E-state index in [2.05, 4.69) is 4.84 Å². The fourth-order valence-corrected chi connectivity index (χ4v) is 2.58. The Morgan fingerprint density at radius 2 is 1.76 bits per heavy atom. The van der Waals surface area contributed by atoms with Crippen LogP contribution in [0.25, 0.3) is 22.0 Å². The Morgan fingerprint density at radius 3 is 2.32 bits per heavy atom. The monoisotopic (exact) mass is 340 g/mol. The standard InChI is InChI=1S/C16H12N4O5/c17-15(21)10-3-1-9(2-4-10)13-8-19(16(18)22)14-6-5-11(7-12(13)14)25-20(23)24/h1-8H,(H2,17,21)(H2,18,22). The second kappa shape index (κ2) is 5.96. The SMILES string of the molecule is NC(=O)c1ccc(-c2cn(C(N)=O)c3ccc(O[N+](=O)[O-])cc23)cc1. The molecule has 9 nitrogen and oxygen atoms in total. The van der Waals surface area contributed by atoms with Crippen molar-refractivity contribution >= 4 is 22.8 Å². The molecule has 0 saturated heterocycles. The van der Waals surface area contributed by atoms with Gasteiger partial charge in [0.2, 0.25) is 5.91 Å². The number of nitrogens with two attached hydrogens (primary N) is 2. The van der Waals surface area contributed by atoms with E-state index in [9.17, 15) is 19.7 Å². The van der Waals surface area contributed by atoms with E-state index in [1.54, 1.807) is 24.3 Å². The minimum Gasteiger partial charge on any atom is -0.366 e. The smallest absolute Gasteiger partial charge is 0.323 e. The lowest BCUT2D eigenvalue weighted by Crippen LogP contribution is -2.18. The van der Waals surface area contributed by atoms with Gasteiger partial charge in [0.1, 0.15) is 5.75 Å². The Hall–Kier alpha value is -3.88. The summed E-state index contributed by atoms with van der Waals surface area (Å²) >= 11 is 0. The number of benzene rings is 2. The Balaban J connectivity index is 2.19. The van der Waals surface area contributed by atoms with E-state index in [0.717, 1.165) is 0 Å². The van der Waals surface area contributed by atoms with Crippen LogP contribution in [0.1, 0.15) is 10.4 Å². The van der Waals surface area contributed by atoms with Gasteiger partial charge in [0, 0.05) is 22.7 Å². The highest BCUT2D eigenvalue weighted by molar-refractivity contribution is 6.02. The van der Waals surface area contributed by atoms with Crippen molar-refractivity contribution < 1.29 is 19.5 Å². The second-order valence-electron chi connectivity index (χ2n) is 5.19. The van der Waals surface area contributed by atoms with Gasteiger partial charge in [-0.3, -0.25) is 14.2 Å². The summed E-state index contributed by atoms with van der Waals surface area (Å²) in [5.41, 5.74) is 12.7. The topological polar surface area (TPSA) is 143 Å². The van der Waals surface area contributed by atoms with Crippen molar-refractivity contribution in [2.45, 2.75) is 0 Å². The Labute approximate surface area is 140 Å². The molecular weight excluding hydrogens is 328 g/mol. The van der Waals surface area contributed by atoms with Crippen LogP contribution in [0.5, 0.6) is 5.75 Å². The lowest BCUT2D eigenvalue weighted by molar-refractivity contribution is -0.711. The maximum atomic E-state index is 11.7. The van der Waals surface area contributed by atoms with E-state index in [1.165, 1.54) is 29.0 Å². The lowest BCUT2D eigenvalue weighted by atomic mass is 10.0. The van der Waals surface area contributed by atoms with Gasteiger partial charge >= 0.3 is 6.03 Å². The fraction of sp³-hybridized carbons (Fsp3) is 0. The first-order valence-electron chi connectivity index (χ1n) is 7.04. The number of carbonyl (C=O) groups is 2. The van der Waals surface area contributed by atoms with E-state index in [0.29, 0.717) is 27.6 Å². The molecule has 0 atom stereocenters. The molecule has 126 valence electrons. The average molecular weight is 340 g/mol. The highest BCUT2D eigenvalue weighted by atomic mass is 17.0. The molecule has 0 aliphatic heterocycles. The molecule has 9 heteroatoms. The number of amides is 2. The molecule has 0 radical (unpaired) electrons. The highest BCUT2D eigenvalue weighted by Crippen LogP contribution is 2.33. The van der Waals surface area contributed by atoms with Crippen LogP contribution in [0, 0.1) is 10.1 Å². The van der Waals surface area contributed by atoms with Crippen LogP contribution in [0.4, 0.5) is 4.79 Å². The largest absolute Gasteiger partial charge is 0.366 e. The van der Waals surface area contributed by atoms with Crippen LogP contribution < -0.4 is 16.3 Å². The molecule has 25 heavy (non-hydrogen) atoms. The first-order chi connectivity index (χ1) is 11.9. The number of fused-ring (bicyclic) bond motifs is 1. The molecule has 0 aliphatic carbocycles. The number of rotatable bonds is 4.